The summed E-state index contributed by atoms with van der Waals surface area (Å²) in [5.74, 6) is 0. The third-order valence-electron chi connectivity index (χ3n) is 2.54. The molecule has 4 heteroatoms. The van der Waals surface area contributed by atoms with Crippen LogP contribution in [0.3, 0.4) is 0 Å². The van der Waals surface area contributed by atoms with Crippen molar-refractivity contribution in [2.45, 2.75) is 32.6 Å². The molecular formula is C13H21O3P. The molecule has 0 aromatic heterocycles. The molecule has 0 heterocycles. The van der Waals surface area contributed by atoms with Crippen LogP contribution in [0.5, 0.6) is 0 Å². The first-order valence-electron chi connectivity index (χ1n) is 6.14. The van der Waals surface area contributed by atoms with Crippen LogP contribution in [0.25, 0.3) is 0 Å². The van der Waals surface area contributed by atoms with E-state index in [0.29, 0.717) is 6.61 Å². The minimum atomic E-state index is -3.33. The lowest BCUT2D eigenvalue weighted by atomic mass is 10.1. The Morgan fingerprint density at radius 1 is 1.24 bits per heavy atom. The van der Waals surface area contributed by atoms with Crippen LogP contribution in [-0.2, 0) is 15.5 Å². The van der Waals surface area contributed by atoms with Crippen LogP contribution in [0, 0.1) is 0 Å². The third-order valence-corrected chi connectivity index (χ3v) is 4.01. The molecule has 1 aromatic carbocycles. The van der Waals surface area contributed by atoms with Gasteiger partial charge in [0.05, 0.1) is 6.61 Å². The maximum atomic E-state index is 11.5. The van der Waals surface area contributed by atoms with Crippen LogP contribution in [0.15, 0.2) is 30.3 Å². The number of hydrogen-bond donors (Lipinski definition) is 1. The molecule has 17 heavy (non-hydrogen) atoms. The number of unbranched alkanes of at least 4 members (excludes halogenated alkanes) is 1. The molecule has 1 atom stereocenters. The fourth-order valence-electron chi connectivity index (χ4n) is 1.55. The van der Waals surface area contributed by atoms with Crippen molar-refractivity contribution in [2.75, 3.05) is 12.8 Å². The van der Waals surface area contributed by atoms with Gasteiger partial charge in [-0.1, -0.05) is 43.7 Å². The van der Waals surface area contributed by atoms with Crippen molar-refractivity contribution in [3.8, 4) is 0 Å². The first kappa shape index (κ1) is 14.4. The Balaban J connectivity index is 2.17. The lowest BCUT2D eigenvalue weighted by Gasteiger charge is -2.11. The van der Waals surface area contributed by atoms with Crippen molar-refractivity contribution in [1.29, 1.82) is 0 Å². The maximum absolute atomic E-state index is 11.5. The molecule has 0 aliphatic carbocycles. The van der Waals surface area contributed by atoms with Gasteiger partial charge in [0, 0.05) is 6.16 Å². The van der Waals surface area contributed by atoms with Crippen LogP contribution in [0.4, 0.5) is 0 Å². The van der Waals surface area contributed by atoms with Gasteiger partial charge in [0.1, 0.15) is 0 Å². The average Bonchev–Trinajstić information content (AvgIpc) is 2.34. The van der Waals surface area contributed by atoms with Crippen molar-refractivity contribution in [1.82, 2.24) is 0 Å². The molecule has 0 radical (unpaired) electrons. The second-order valence-corrected chi connectivity index (χ2v) is 6.12. The van der Waals surface area contributed by atoms with E-state index < -0.39 is 7.60 Å². The number of rotatable bonds is 8. The van der Waals surface area contributed by atoms with Crippen molar-refractivity contribution in [3.63, 3.8) is 0 Å². The van der Waals surface area contributed by atoms with Gasteiger partial charge in [-0.05, 0) is 24.8 Å². The maximum Gasteiger partial charge on any atom is 0.328 e. The van der Waals surface area contributed by atoms with Gasteiger partial charge in [-0.15, -0.1) is 0 Å². The van der Waals surface area contributed by atoms with E-state index in [0.717, 1.165) is 25.7 Å². The van der Waals surface area contributed by atoms with E-state index in [-0.39, 0.29) is 6.16 Å². The lowest BCUT2D eigenvalue weighted by molar-refractivity contribution is 0.255. The summed E-state index contributed by atoms with van der Waals surface area (Å²) in [6.07, 6.45) is 3.59. The van der Waals surface area contributed by atoms with Gasteiger partial charge < -0.3 is 9.42 Å². The Bertz CT molecular complexity index is 351. The molecule has 96 valence electrons. The quantitative estimate of drug-likeness (QED) is 0.570. The molecular weight excluding hydrogens is 235 g/mol. The van der Waals surface area contributed by atoms with Gasteiger partial charge in [-0.2, -0.15) is 0 Å². The Morgan fingerprint density at radius 3 is 2.59 bits per heavy atom. The summed E-state index contributed by atoms with van der Waals surface area (Å²) in [6, 6.07) is 10.1. The number of aryl methyl sites for hydroxylation is 1. The molecule has 0 saturated carbocycles. The summed E-state index contributed by atoms with van der Waals surface area (Å²) >= 11 is 0. The monoisotopic (exact) mass is 256 g/mol. The minimum absolute atomic E-state index is 0.273. The highest BCUT2D eigenvalue weighted by Crippen LogP contribution is 2.42. The van der Waals surface area contributed by atoms with Gasteiger partial charge in [-0.25, -0.2) is 0 Å². The van der Waals surface area contributed by atoms with Crippen molar-refractivity contribution in [2.24, 2.45) is 0 Å². The molecule has 0 saturated heterocycles. The second kappa shape index (κ2) is 7.65. The first-order valence-corrected chi connectivity index (χ1v) is 7.90. The predicted octanol–water partition coefficient (Wildman–Crippen LogP) is 3.62. The van der Waals surface area contributed by atoms with E-state index in [1.807, 2.05) is 25.1 Å². The zero-order valence-electron chi connectivity index (χ0n) is 10.3. The Labute approximate surface area is 103 Å². The van der Waals surface area contributed by atoms with Crippen LogP contribution < -0.4 is 0 Å². The van der Waals surface area contributed by atoms with Crippen LogP contribution in [-0.4, -0.2) is 17.7 Å². The van der Waals surface area contributed by atoms with Gasteiger partial charge in [0.2, 0.25) is 0 Å². The van der Waals surface area contributed by atoms with Crippen LogP contribution in [0.1, 0.15) is 31.7 Å². The standard InChI is InChI=1S/C13H21O3P/c1-2-3-12-17(14,15)16-11-7-10-13-8-5-4-6-9-13/h4-6,8-9H,2-3,7,10-12H2,1H3,(H,14,15). The molecule has 1 unspecified atom stereocenters. The normalized spacial score (nSPS) is 14.5. The highest BCUT2D eigenvalue weighted by Gasteiger charge is 2.17. The fraction of sp³-hybridized carbons (Fsp3) is 0.538. The summed E-state index contributed by atoms with van der Waals surface area (Å²) in [5, 5.41) is 0. The van der Waals surface area contributed by atoms with Crippen LogP contribution in [0.2, 0.25) is 0 Å². The molecule has 0 fully saturated rings. The van der Waals surface area contributed by atoms with E-state index >= 15 is 0 Å². The first-order chi connectivity index (χ1) is 8.14. The van der Waals surface area contributed by atoms with Gasteiger partial charge >= 0.3 is 7.60 Å². The Kier molecular flexibility index (Phi) is 6.49. The van der Waals surface area contributed by atoms with Crippen molar-refractivity contribution < 1.29 is 14.0 Å². The number of hydrogen-bond acceptors (Lipinski definition) is 2. The van der Waals surface area contributed by atoms with Gasteiger partial charge in [0.15, 0.2) is 0 Å². The zero-order chi connectivity index (χ0) is 12.6. The molecule has 0 spiro atoms. The molecule has 1 rings (SSSR count). The van der Waals surface area contributed by atoms with Crippen molar-refractivity contribution >= 4 is 7.60 Å². The molecule has 1 aromatic rings. The third kappa shape index (κ3) is 6.62. The van der Waals surface area contributed by atoms with E-state index in [2.05, 4.69) is 12.1 Å². The lowest BCUT2D eigenvalue weighted by Crippen LogP contribution is -1.98. The van der Waals surface area contributed by atoms with E-state index in [4.69, 9.17) is 4.52 Å². The SMILES string of the molecule is CCCCP(=O)(O)OCCCc1ccccc1. The van der Waals surface area contributed by atoms with Gasteiger partial charge in [0.25, 0.3) is 0 Å². The summed E-state index contributed by atoms with van der Waals surface area (Å²) < 4.78 is 16.6. The molecule has 1 N–H and O–H groups in total. The molecule has 0 aliphatic heterocycles. The largest absolute Gasteiger partial charge is 0.328 e. The van der Waals surface area contributed by atoms with E-state index in [9.17, 15) is 9.46 Å². The highest BCUT2D eigenvalue weighted by molar-refractivity contribution is 7.52. The summed E-state index contributed by atoms with van der Waals surface area (Å²) in [6.45, 7) is 2.35. The topological polar surface area (TPSA) is 46.5 Å². The predicted molar refractivity (Wildman–Crippen MR) is 70.3 cm³/mol. The smallest absolute Gasteiger partial charge is 0.324 e. The summed E-state index contributed by atoms with van der Waals surface area (Å²) in [7, 11) is -3.33. The Morgan fingerprint density at radius 2 is 1.94 bits per heavy atom. The zero-order valence-corrected chi connectivity index (χ0v) is 11.2. The van der Waals surface area contributed by atoms with E-state index in [1.54, 1.807) is 0 Å². The second-order valence-electron chi connectivity index (χ2n) is 4.14. The molecule has 3 nitrogen and oxygen atoms in total. The fourth-order valence-corrected chi connectivity index (χ4v) is 2.81. The van der Waals surface area contributed by atoms with Gasteiger partial charge in [-0.3, -0.25) is 4.57 Å². The summed E-state index contributed by atoms with van der Waals surface area (Å²) in [5.41, 5.74) is 1.23. The average molecular weight is 256 g/mol. The minimum Gasteiger partial charge on any atom is -0.324 e. The molecule has 0 bridgehead atoms. The highest BCUT2D eigenvalue weighted by atomic mass is 31.2. The molecule has 0 amide bonds. The Hall–Kier alpha value is -0.630. The number of benzene rings is 1. The van der Waals surface area contributed by atoms with E-state index in [1.165, 1.54) is 5.56 Å². The molecule has 0 aliphatic rings. The van der Waals surface area contributed by atoms with Crippen molar-refractivity contribution in [3.05, 3.63) is 35.9 Å². The summed E-state index contributed by atoms with van der Waals surface area (Å²) in [4.78, 5) is 9.48. The van der Waals surface area contributed by atoms with Crippen LogP contribution >= 0.6 is 7.60 Å².